The van der Waals surface area contributed by atoms with Gasteiger partial charge < -0.3 is 19.3 Å². The average Bonchev–Trinajstić information content (AvgIpc) is 2.49. The number of ether oxygens (including phenoxy) is 2. The lowest BCUT2D eigenvalue weighted by Gasteiger charge is -2.08. The lowest BCUT2D eigenvalue weighted by molar-refractivity contribution is 0.146. The van der Waals surface area contributed by atoms with E-state index >= 15 is 0 Å². The van der Waals surface area contributed by atoms with Crippen molar-refractivity contribution >= 4 is 12.9 Å². The summed E-state index contributed by atoms with van der Waals surface area (Å²) in [6.45, 7) is 1.06. The fourth-order valence-electron chi connectivity index (χ4n) is 1.99. The Balaban J connectivity index is 1.97. The van der Waals surface area contributed by atoms with Crippen LogP contribution in [0.4, 0.5) is 0 Å². The molecule has 118 valence electrons. The molecule has 0 atom stereocenters. The molecule has 2 N–H and O–H groups in total. The monoisotopic (exact) mass is 322 g/mol. The molecular weight excluding hydrogens is 303 g/mol. The minimum atomic E-state index is -4.17. The van der Waals surface area contributed by atoms with Crippen LogP contribution in [-0.2, 0) is 15.7 Å². The zero-order valence-electron chi connectivity index (χ0n) is 12.3. The quantitative estimate of drug-likeness (QED) is 0.603. The lowest BCUT2D eigenvalue weighted by Crippen LogP contribution is -2.04. The van der Waals surface area contributed by atoms with Crippen molar-refractivity contribution in [2.75, 3.05) is 20.3 Å². The van der Waals surface area contributed by atoms with Gasteiger partial charge in [0.05, 0.1) is 11.9 Å². The highest BCUT2D eigenvalue weighted by Crippen LogP contribution is 2.32. The summed E-state index contributed by atoms with van der Waals surface area (Å²) in [5.74, 6) is 0.789. The van der Waals surface area contributed by atoms with Gasteiger partial charge in [0.2, 0.25) is 0 Å². The summed E-state index contributed by atoms with van der Waals surface area (Å²) in [5.41, 5.74) is 2.09. The number of hydrogen-bond donors (Lipinski definition) is 2. The molecule has 0 fully saturated rings. The van der Waals surface area contributed by atoms with E-state index in [-0.39, 0.29) is 5.30 Å². The van der Waals surface area contributed by atoms with E-state index in [0.717, 1.165) is 16.9 Å². The van der Waals surface area contributed by atoms with E-state index in [4.69, 9.17) is 19.3 Å². The highest BCUT2D eigenvalue weighted by atomic mass is 31.2. The SMILES string of the molecule is COCCOc1ccc(Cc2ccc(P(=O)(O)O)cc2)cc1. The van der Waals surface area contributed by atoms with Crippen LogP contribution in [0, 0.1) is 0 Å². The van der Waals surface area contributed by atoms with Gasteiger partial charge in [-0.1, -0.05) is 24.3 Å². The Morgan fingerprint density at radius 1 is 0.909 bits per heavy atom. The molecule has 5 nitrogen and oxygen atoms in total. The van der Waals surface area contributed by atoms with Crippen LogP contribution < -0.4 is 10.0 Å². The molecule has 0 saturated carbocycles. The standard InChI is InChI=1S/C16H19O5P/c1-20-10-11-21-15-6-2-13(3-7-15)12-14-4-8-16(9-5-14)22(17,18)19/h2-9H,10-12H2,1H3,(H2,17,18,19). The molecule has 0 aliphatic carbocycles. The van der Waals surface area contributed by atoms with Crippen molar-refractivity contribution in [3.05, 3.63) is 59.7 Å². The van der Waals surface area contributed by atoms with E-state index < -0.39 is 7.60 Å². The second-order valence-corrected chi connectivity index (χ2v) is 6.48. The molecule has 22 heavy (non-hydrogen) atoms. The van der Waals surface area contributed by atoms with E-state index in [1.807, 2.05) is 24.3 Å². The molecule has 0 aliphatic rings. The van der Waals surface area contributed by atoms with Gasteiger partial charge in [-0.15, -0.1) is 0 Å². The van der Waals surface area contributed by atoms with Crippen LogP contribution in [0.3, 0.4) is 0 Å². The van der Waals surface area contributed by atoms with Crippen LogP contribution in [0.5, 0.6) is 5.75 Å². The van der Waals surface area contributed by atoms with E-state index in [1.54, 1.807) is 19.2 Å². The first-order valence-electron chi connectivity index (χ1n) is 6.85. The fourth-order valence-corrected chi connectivity index (χ4v) is 2.53. The fraction of sp³-hybridized carbons (Fsp3) is 0.250. The van der Waals surface area contributed by atoms with Crippen LogP contribution in [0.15, 0.2) is 48.5 Å². The molecule has 0 unspecified atom stereocenters. The zero-order chi connectivity index (χ0) is 16.0. The third kappa shape index (κ3) is 4.97. The predicted molar refractivity (Wildman–Crippen MR) is 84.7 cm³/mol. The molecule has 2 aromatic carbocycles. The third-order valence-electron chi connectivity index (χ3n) is 3.16. The summed E-state index contributed by atoms with van der Waals surface area (Å²) in [7, 11) is -2.54. The Labute approximate surface area is 129 Å². The molecule has 0 amide bonds. The lowest BCUT2D eigenvalue weighted by atomic mass is 10.1. The molecule has 0 aromatic heterocycles. The zero-order valence-corrected chi connectivity index (χ0v) is 13.2. The van der Waals surface area contributed by atoms with Crippen LogP contribution in [-0.4, -0.2) is 30.1 Å². The van der Waals surface area contributed by atoms with Gasteiger partial charge in [-0.2, -0.15) is 0 Å². The van der Waals surface area contributed by atoms with Crippen LogP contribution >= 0.6 is 7.60 Å². The van der Waals surface area contributed by atoms with E-state index in [2.05, 4.69) is 0 Å². The Morgan fingerprint density at radius 2 is 1.45 bits per heavy atom. The average molecular weight is 322 g/mol. The molecular formula is C16H19O5P. The predicted octanol–water partition coefficient (Wildman–Crippen LogP) is 2.11. The van der Waals surface area contributed by atoms with Crippen molar-refractivity contribution < 1.29 is 23.8 Å². The molecule has 0 radical (unpaired) electrons. The maximum atomic E-state index is 11.1. The van der Waals surface area contributed by atoms with Gasteiger partial charge in [-0.05, 0) is 41.8 Å². The van der Waals surface area contributed by atoms with Gasteiger partial charge in [0.1, 0.15) is 12.4 Å². The second kappa shape index (κ2) is 7.56. The largest absolute Gasteiger partial charge is 0.491 e. The van der Waals surface area contributed by atoms with Crippen LogP contribution in [0.2, 0.25) is 0 Å². The smallest absolute Gasteiger partial charge is 0.356 e. The third-order valence-corrected chi connectivity index (χ3v) is 4.13. The maximum absolute atomic E-state index is 11.1. The Morgan fingerprint density at radius 3 is 1.95 bits per heavy atom. The maximum Gasteiger partial charge on any atom is 0.356 e. The van der Waals surface area contributed by atoms with E-state index in [9.17, 15) is 4.57 Å². The van der Waals surface area contributed by atoms with Crippen molar-refractivity contribution in [1.82, 2.24) is 0 Å². The minimum absolute atomic E-state index is 0.0399. The normalized spacial score (nSPS) is 11.4. The minimum Gasteiger partial charge on any atom is -0.491 e. The van der Waals surface area contributed by atoms with Gasteiger partial charge in [0, 0.05) is 7.11 Å². The van der Waals surface area contributed by atoms with Gasteiger partial charge in [-0.25, -0.2) is 0 Å². The Hall–Kier alpha value is -1.65. The van der Waals surface area contributed by atoms with Crippen molar-refractivity contribution in [3.8, 4) is 5.75 Å². The first-order valence-corrected chi connectivity index (χ1v) is 8.46. The second-order valence-electron chi connectivity index (χ2n) is 4.87. The molecule has 0 heterocycles. The van der Waals surface area contributed by atoms with E-state index in [1.165, 1.54) is 12.1 Å². The first kappa shape index (κ1) is 16.7. The topological polar surface area (TPSA) is 76.0 Å². The summed E-state index contributed by atoms with van der Waals surface area (Å²) >= 11 is 0. The Kier molecular flexibility index (Phi) is 5.75. The van der Waals surface area contributed by atoms with Crippen molar-refractivity contribution in [1.29, 1.82) is 0 Å². The number of methoxy groups -OCH3 is 1. The van der Waals surface area contributed by atoms with Crippen LogP contribution in [0.25, 0.3) is 0 Å². The molecule has 0 spiro atoms. The highest BCUT2D eigenvalue weighted by molar-refractivity contribution is 7.60. The molecule has 6 heteroatoms. The van der Waals surface area contributed by atoms with Crippen molar-refractivity contribution in [2.24, 2.45) is 0 Å². The van der Waals surface area contributed by atoms with Crippen molar-refractivity contribution in [2.45, 2.75) is 6.42 Å². The summed E-state index contributed by atoms with van der Waals surface area (Å²) in [4.78, 5) is 18.2. The molecule has 0 bridgehead atoms. The first-order chi connectivity index (χ1) is 10.5. The van der Waals surface area contributed by atoms with Crippen molar-refractivity contribution in [3.63, 3.8) is 0 Å². The van der Waals surface area contributed by atoms with Gasteiger partial charge in [0.25, 0.3) is 0 Å². The Bertz CT molecular complexity index is 631. The molecule has 0 aliphatic heterocycles. The van der Waals surface area contributed by atoms with Crippen LogP contribution in [0.1, 0.15) is 11.1 Å². The van der Waals surface area contributed by atoms with Gasteiger partial charge in [0.15, 0.2) is 0 Å². The number of benzene rings is 2. The highest BCUT2D eigenvalue weighted by Gasteiger charge is 2.15. The number of rotatable bonds is 7. The molecule has 2 aromatic rings. The van der Waals surface area contributed by atoms with E-state index in [0.29, 0.717) is 19.6 Å². The van der Waals surface area contributed by atoms with Gasteiger partial charge in [-0.3, -0.25) is 4.57 Å². The summed E-state index contributed by atoms with van der Waals surface area (Å²) in [5, 5.41) is 0.0399. The molecule has 0 saturated heterocycles. The summed E-state index contributed by atoms with van der Waals surface area (Å²) in [6.07, 6.45) is 0.694. The van der Waals surface area contributed by atoms with Gasteiger partial charge >= 0.3 is 7.60 Å². The number of hydrogen-bond acceptors (Lipinski definition) is 3. The molecule has 2 rings (SSSR count). The summed E-state index contributed by atoms with van der Waals surface area (Å²) < 4.78 is 21.5. The summed E-state index contributed by atoms with van der Waals surface area (Å²) in [6, 6.07) is 14.1.